The quantitative estimate of drug-likeness (QED) is 0.665. The number of benzene rings is 2. The summed E-state index contributed by atoms with van der Waals surface area (Å²) in [5, 5.41) is 1.02. The van der Waals surface area contributed by atoms with Crippen LogP contribution in [0.1, 0.15) is 17.0 Å². The van der Waals surface area contributed by atoms with Crippen molar-refractivity contribution in [3.63, 3.8) is 0 Å². The number of hydrogen-bond acceptors (Lipinski definition) is 5. The molecule has 0 bridgehead atoms. The fraction of sp³-hybridized carbons (Fsp3) is 0.333. The second-order valence-corrected chi connectivity index (χ2v) is 9.97. The number of nitrogens with zero attached hydrogens (tertiary/aromatic N) is 3. The smallest absolute Gasteiger partial charge is 0.258 e. The highest BCUT2D eigenvalue weighted by molar-refractivity contribution is 7.89. The summed E-state index contributed by atoms with van der Waals surface area (Å²) in [4.78, 5) is 22.1. The van der Waals surface area contributed by atoms with Crippen LogP contribution in [0.4, 0.5) is 0 Å². The molecule has 0 saturated carbocycles. The summed E-state index contributed by atoms with van der Waals surface area (Å²) in [6.45, 7) is 6.04. The van der Waals surface area contributed by atoms with Gasteiger partial charge in [0.15, 0.2) is 0 Å². The fourth-order valence-electron chi connectivity index (χ4n) is 3.70. The molecule has 30 heavy (non-hydrogen) atoms. The van der Waals surface area contributed by atoms with Gasteiger partial charge in [0.1, 0.15) is 5.82 Å². The molecule has 1 N–H and O–H groups in total. The molecule has 1 fully saturated rings. The van der Waals surface area contributed by atoms with Gasteiger partial charge in [-0.1, -0.05) is 23.7 Å². The molecule has 0 spiro atoms. The third kappa shape index (κ3) is 4.13. The van der Waals surface area contributed by atoms with Gasteiger partial charge in [-0.05, 0) is 49.2 Å². The Morgan fingerprint density at radius 2 is 1.80 bits per heavy atom. The first-order chi connectivity index (χ1) is 14.2. The number of rotatable bonds is 4. The summed E-state index contributed by atoms with van der Waals surface area (Å²) >= 11 is 6.02. The molecule has 0 atom stereocenters. The SMILES string of the molecule is Cc1ccc(C)c(S(=O)(=O)N2CCN(Cc3nc4cc(Cl)ccc4c(=O)[nH]3)CC2)c1. The highest BCUT2D eigenvalue weighted by Crippen LogP contribution is 2.23. The van der Waals surface area contributed by atoms with Gasteiger partial charge < -0.3 is 4.98 Å². The Hall–Kier alpha value is -2.26. The minimum Gasteiger partial charge on any atom is -0.309 e. The van der Waals surface area contributed by atoms with E-state index in [4.69, 9.17) is 11.6 Å². The number of fused-ring (bicyclic) bond motifs is 1. The summed E-state index contributed by atoms with van der Waals surface area (Å²) in [6.07, 6.45) is 0. The predicted molar refractivity (Wildman–Crippen MR) is 117 cm³/mol. The lowest BCUT2D eigenvalue weighted by molar-refractivity contribution is 0.178. The van der Waals surface area contributed by atoms with Crippen LogP contribution in [-0.2, 0) is 16.6 Å². The van der Waals surface area contributed by atoms with E-state index in [9.17, 15) is 13.2 Å². The first-order valence-corrected chi connectivity index (χ1v) is 11.5. The number of aromatic amines is 1. The van der Waals surface area contributed by atoms with Crippen LogP contribution in [0, 0.1) is 13.8 Å². The van der Waals surface area contributed by atoms with E-state index < -0.39 is 10.0 Å². The maximum absolute atomic E-state index is 13.1. The Kier molecular flexibility index (Phi) is 5.67. The van der Waals surface area contributed by atoms with Crippen LogP contribution in [0.5, 0.6) is 0 Å². The van der Waals surface area contributed by atoms with Crippen LogP contribution in [0.3, 0.4) is 0 Å². The molecular formula is C21H23ClN4O3S. The van der Waals surface area contributed by atoms with Crippen LogP contribution in [-0.4, -0.2) is 53.8 Å². The number of halogens is 1. The van der Waals surface area contributed by atoms with E-state index in [0.717, 1.165) is 11.1 Å². The van der Waals surface area contributed by atoms with Crippen molar-refractivity contribution >= 4 is 32.5 Å². The third-order valence-electron chi connectivity index (χ3n) is 5.38. The molecule has 1 saturated heterocycles. The minimum atomic E-state index is -3.53. The summed E-state index contributed by atoms with van der Waals surface area (Å²) in [5.74, 6) is 0.542. The van der Waals surface area contributed by atoms with E-state index in [-0.39, 0.29) is 5.56 Å². The van der Waals surface area contributed by atoms with Crippen molar-refractivity contribution in [2.24, 2.45) is 0 Å². The van der Waals surface area contributed by atoms with Crippen LogP contribution < -0.4 is 5.56 Å². The summed E-state index contributed by atoms with van der Waals surface area (Å²) in [6, 6.07) is 10.5. The number of aromatic nitrogens is 2. The minimum absolute atomic E-state index is 0.206. The van der Waals surface area contributed by atoms with Crippen molar-refractivity contribution in [1.82, 2.24) is 19.2 Å². The van der Waals surface area contributed by atoms with Gasteiger partial charge in [0, 0.05) is 31.2 Å². The van der Waals surface area contributed by atoms with Gasteiger partial charge in [0.05, 0.1) is 22.3 Å². The van der Waals surface area contributed by atoms with Gasteiger partial charge in [-0.3, -0.25) is 9.69 Å². The Balaban J connectivity index is 1.48. The maximum atomic E-state index is 13.1. The van der Waals surface area contributed by atoms with Crippen LogP contribution >= 0.6 is 11.6 Å². The zero-order valence-corrected chi connectivity index (χ0v) is 18.4. The first kappa shape index (κ1) is 21.0. The van der Waals surface area contributed by atoms with Gasteiger partial charge in [-0.25, -0.2) is 13.4 Å². The van der Waals surface area contributed by atoms with E-state index >= 15 is 0 Å². The highest BCUT2D eigenvalue weighted by Gasteiger charge is 2.29. The summed E-state index contributed by atoms with van der Waals surface area (Å²) in [5.41, 5.74) is 2.02. The van der Waals surface area contributed by atoms with Crippen LogP contribution in [0.15, 0.2) is 46.1 Å². The molecule has 158 valence electrons. The molecule has 0 unspecified atom stereocenters. The molecule has 2 heterocycles. The maximum Gasteiger partial charge on any atom is 0.258 e. The largest absolute Gasteiger partial charge is 0.309 e. The van der Waals surface area contributed by atoms with Crippen molar-refractivity contribution in [1.29, 1.82) is 0 Å². The summed E-state index contributed by atoms with van der Waals surface area (Å²) in [7, 11) is -3.53. The second kappa shape index (κ2) is 8.11. The summed E-state index contributed by atoms with van der Waals surface area (Å²) < 4.78 is 27.7. The molecule has 1 aliphatic rings. The van der Waals surface area contributed by atoms with Gasteiger partial charge in [0.2, 0.25) is 10.0 Å². The van der Waals surface area contributed by atoms with Gasteiger partial charge in [-0.2, -0.15) is 4.31 Å². The van der Waals surface area contributed by atoms with Crippen molar-refractivity contribution in [3.05, 3.63) is 68.7 Å². The number of piperazine rings is 1. The van der Waals surface area contributed by atoms with Crippen LogP contribution in [0.2, 0.25) is 5.02 Å². The van der Waals surface area contributed by atoms with Crippen LogP contribution in [0.25, 0.3) is 10.9 Å². The molecule has 2 aromatic carbocycles. The van der Waals surface area contributed by atoms with Crippen molar-refractivity contribution in [2.45, 2.75) is 25.3 Å². The van der Waals surface area contributed by atoms with E-state index in [2.05, 4.69) is 14.9 Å². The van der Waals surface area contributed by atoms with Gasteiger partial charge in [-0.15, -0.1) is 0 Å². The molecule has 0 radical (unpaired) electrons. The standard InChI is InChI=1S/C21H23ClN4O3S/c1-14-3-4-15(2)19(11-14)30(28,29)26-9-7-25(8-10-26)13-20-23-18-12-16(22)5-6-17(18)21(27)24-20/h3-6,11-12H,7-10,13H2,1-2H3,(H,23,24,27). The Bertz CT molecular complexity index is 1260. The van der Waals surface area contributed by atoms with E-state index in [1.54, 1.807) is 24.3 Å². The number of nitrogens with one attached hydrogen (secondary N) is 1. The van der Waals surface area contributed by atoms with Crippen molar-refractivity contribution in [3.8, 4) is 0 Å². The topological polar surface area (TPSA) is 86.4 Å². The number of H-pyrrole nitrogens is 1. The number of sulfonamides is 1. The molecular weight excluding hydrogens is 424 g/mol. The Morgan fingerprint density at radius 3 is 2.53 bits per heavy atom. The molecule has 0 amide bonds. The number of aryl methyl sites for hydroxylation is 2. The Morgan fingerprint density at radius 1 is 1.07 bits per heavy atom. The van der Waals surface area contributed by atoms with E-state index in [1.807, 2.05) is 26.0 Å². The lowest BCUT2D eigenvalue weighted by atomic mass is 10.2. The number of hydrogen-bond donors (Lipinski definition) is 1. The average molecular weight is 447 g/mol. The zero-order chi connectivity index (χ0) is 21.5. The molecule has 7 nitrogen and oxygen atoms in total. The zero-order valence-electron chi connectivity index (χ0n) is 16.9. The predicted octanol–water partition coefficient (Wildman–Crippen LogP) is 2.70. The molecule has 1 aromatic heterocycles. The second-order valence-electron chi connectivity index (χ2n) is 7.62. The lowest BCUT2D eigenvalue weighted by Gasteiger charge is -2.34. The van der Waals surface area contributed by atoms with E-state index in [1.165, 1.54) is 4.31 Å². The monoisotopic (exact) mass is 446 g/mol. The van der Waals surface area contributed by atoms with Gasteiger partial charge >= 0.3 is 0 Å². The third-order valence-corrected chi connectivity index (χ3v) is 7.66. The molecule has 1 aliphatic heterocycles. The lowest BCUT2D eigenvalue weighted by Crippen LogP contribution is -2.48. The van der Waals surface area contributed by atoms with E-state index in [0.29, 0.717) is 59.4 Å². The average Bonchev–Trinajstić information content (AvgIpc) is 2.70. The Labute approximate surface area is 180 Å². The van der Waals surface area contributed by atoms with Crippen molar-refractivity contribution in [2.75, 3.05) is 26.2 Å². The molecule has 3 aromatic rings. The normalized spacial score (nSPS) is 16.2. The molecule has 0 aliphatic carbocycles. The van der Waals surface area contributed by atoms with Crippen molar-refractivity contribution < 1.29 is 8.42 Å². The molecule has 9 heteroatoms. The van der Waals surface area contributed by atoms with Gasteiger partial charge in [0.25, 0.3) is 5.56 Å². The first-order valence-electron chi connectivity index (χ1n) is 9.72. The highest BCUT2D eigenvalue weighted by atomic mass is 35.5. The molecule has 4 rings (SSSR count). The fourth-order valence-corrected chi connectivity index (χ4v) is 5.60.